The molecule has 46 heavy (non-hydrogen) atoms. The molecule has 8 aromatic carbocycles. The van der Waals surface area contributed by atoms with Gasteiger partial charge in [0, 0.05) is 33.2 Å². The van der Waals surface area contributed by atoms with Gasteiger partial charge < -0.3 is 9.32 Å². The van der Waals surface area contributed by atoms with E-state index in [0.29, 0.717) is 0 Å². The first kappa shape index (κ1) is 26.3. The molecule has 9 rings (SSSR count). The van der Waals surface area contributed by atoms with Crippen LogP contribution in [0.1, 0.15) is 0 Å². The molecule has 0 saturated heterocycles. The molecular formula is C44H29NO. The average Bonchev–Trinajstić information content (AvgIpc) is 3.51. The summed E-state index contributed by atoms with van der Waals surface area (Å²) in [5, 5.41) is 7.07. The number of anilines is 3. The fraction of sp³-hybridized carbons (Fsp3) is 0. The second kappa shape index (κ2) is 10.8. The van der Waals surface area contributed by atoms with Gasteiger partial charge in [-0.15, -0.1) is 0 Å². The Morgan fingerprint density at radius 3 is 1.80 bits per heavy atom. The molecule has 0 atom stereocenters. The Kier molecular flexibility index (Phi) is 6.17. The first-order chi connectivity index (χ1) is 22.8. The molecule has 0 N–H and O–H groups in total. The van der Waals surface area contributed by atoms with Gasteiger partial charge in [0.15, 0.2) is 0 Å². The number of furan rings is 1. The van der Waals surface area contributed by atoms with Gasteiger partial charge in [-0.1, -0.05) is 121 Å². The highest BCUT2D eigenvalue weighted by Gasteiger charge is 2.16. The van der Waals surface area contributed by atoms with E-state index in [1.54, 1.807) is 0 Å². The fourth-order valence-electron chi connectivity index (χ4n) is 6.70. The lowest BCUT2D eigenvalue weighted by Gasteiger charge is -2.26. The number of hydrogen-bond donors (Lipinski definition) is 0. The molecule has 0 amide bonds. The topological polar surface area (TPSA) is 16.4 Å². The largest absolute Gasteiger partial charge is 0.455 e. The van der Waals surface area contributed by atoms with Crippen molar-refractivity contribution < 1.29 is 4.42 Å². The summed E-state index contributed by atoms with van der Waals surface area (Å²) in [7, 11) is 0. The van der Waals surface area contributed by atoms with E-state index in [2.05, 4.69) is 181 Å². The quantitative estimate of drug-likeness (QED) is 0.199. The van der Waals surface area contributed by atoms with Crippen LogP contribution in [0.3, 0.4) is 0 Å². The predicted molar refractivity (Wildman–Crippen MR) is 194 cm³/mol. The average molecular weight is 588 g/mol. The zero-order valence-corrected chi connectivity index (χ0v) is 25.1. The van der Waals surface area contributed by atoms with Gasteiger partial charge in [0.2, 0.25) is 0 Å². The molecule has 216 valence electrons. The van der Waals surface area contributed by atoms with Gasteiger partial charge in [0.25, 0.3) is 0 Å². The van der Waals surface area contributed by atoms with Crippen molar-refractivity contribution in [3.8, 4) is 22.3 Å². The van der Waals surface area contributed by atoms with Crippen LogP contribution in [0.5, 0.6) is 0 Å². The first-order valence-electron chi connectivity index (χ1n) is 15.7. The second-order valence-corrected chi connectivity index (χ2v) is 11.8. The van der Waals surface area contributed by atoms with E-state index >= 15 is 0 Å². The zero-order chi connectivity index (χ0) is 30.5. The Bertz CT molecular complexity index is 2530. The molecule has 2 heteroatoms. The molecule has 9 aromatic rings. The SMILES string of the molecule is c1ccc(-c2cccc(N(c3ccc(-c4ccc5c(c4)oc4c6ccccc6ccc54)cc3)c3ccc4ccccc4c3)c2)cc1. The maximum atomic E-state index is 6.48. The van der Waals surface area contributed by atoms with E-state index in [1.165, 1.54) is 27.3 Å². The summed E-state index contributed by atoms with van der Waals surface area (Å²) < 4.78 is 6.48. The Morgan fingerprint density at radius 2 is 0.935 bits per heavy atom. The molecule has 2 nitrogen and oxygen atoms in total. The van der Waals surface area contributed by atoms with E-state index in [9.17, 15) is 0 Å². The minimum absolute atomic E-state index is 0.906. The number of nitrogens with zero attached hydrogens (tertiary/aromatic N) is 1. The summed E-state index contributed by atoms with van der Waals surface area (Å²) in [4.78, 5) is 2.34. The molecule has 0 saturated carbocycles. The summed E-state index contributed by atoms with van der Waals surface area (Å²) in [5.74, 6) is 0. The van der Waals surface area contributed by atoms with E-state index in [1.807, 2.05) is 0 Å². The van der Waals surface area contributed by atoms with Crippen molar-refractivity contribution in [3.05, 3.63) is 176 Å². The van der Waals surface area contributed by atoms with Crippen LogP contribution in [0, 0.1) is 0 Å². The highest BCUT2D eigenvalue weighted by atomic mass is 16.3. The lowest BCUT2D eigenvalue weighted by atomic mass is 10.0. The molecule has 1 aromatic heterocycles. The third-order valence-electron chi connectivity index (χ3n) is 9.02. The standard InChI is InChI=1S/C44H29NO/c1-2-9-30(10-3-1)35-14-8-15-38(27-35)45(39-24-19-31-11-4-5-13-34(31)28-39)37-22-17-32(18-23-37)36-21-25-41-42-26-20-33-12-6-7-16-40(33)44(42)46-43(41)29-36/h1-29H. The van der Waals surface area contributed by atoms with Crippen LogP contribution in [0.4, 0.5) is 17.1 Å². The smallest absolute Gasteiger partial charge is 0.143 e. The third kappa shape index (κ3) is 4.51. The van der Waals surface area contributed by atoms with Crippen molar-refractivity contribution in [3.63, 3.8) is 0 Å². The maximum Gasteiger partial charge on any atom is 0.143 e. The van der Waals surface area contributed by atoms with Gasteiger partial charge in [-0.2, -0.15) is 0 Å². The van der Waals surface area contributed by atoms with Gasteiger partial charge in [-0.05, 0) is 93.0 Å². The van der Waals surface area contributed by atoms with Gasteiger partial charge in [0.1, 0.15) is 11.2 Å². The van der Waals surface area contributed by atoms with Crippen LogP contribution < -0.4 is 4.90 Å². The van der Waals surface area contributed by atoms with E-state index < -0.39 is 0 Å². The Morgan fingerprint density at radius 1 is 0.326 bits per heavy atom. The minimum atomic E-state index is 0.906. The van der Waals surface area contributed by atoms with Gasteiger partial charge in [-0.3, -0.25) is 0 Å². The number of benzene rings is 8. The molecule has 0 aliphatic rings. The molecule has 0 aliphatic heterocycles. The van der Waals surface area contributed by atoms with Crippen LogP contribution in [0.25, 0.3) is 65.7 Å². The maximum absolute atomic E-state index is 6.48. The molecule has 0 fully saturated rings. The lowest BCUT2D eigenvalue weighted by molar-refractivity contribution is 0.673. The highest BCUT2D eigenvalue weighted by Crippen LogP contribution is 2.40. The summed E-state index contributed by atoms with van der Waals surface area (Å²) in [6.45, 7) is 0. The molecular weight excluding hydrogens is 558 g/mol. The molecule has 0 aliphatic carbocycles. The normalized spacial score (nSPS) is 11.5. The summed E-state index contributed by atoms with van der Waals surface area (Å²) in [6.07, 6.45) is 0. The molecule has 0 bridgehead atoms. The third-order valence-corrected chi connectivity index (χ3v) is 9.02. The van der Waals surface area contributed by atoms with E-state index in [4.69, 9.17) is 4.42 Å². The van der Waals surface area contributed by atoms with Crippen LogP contribution in [0.15, 0.2) is 180 Å². The van der Waals surface area contributed by atoms with Crippen molar-refractivity contribution in [2.24, 2.45) is 0 Å². The lowest BCUT2D eigenvalue weighted by Crippen LogP contribution is -2.10. The van der Waals surface area contributed by atoms with E-state index in [-0.39, 0.29) is 0 Å². The predicted octanol–water partition coefficient (Wildman–Crippen LogP) is 12.7. The Labute approximate surface area is 267 Å². The van der Waals surface area contributed by atoms with E-state index in [0.717, 1.165) is 55.5 Å². The van der Waals surface area contributed by atoms with Crippen LogP contribution in [-0.4, -0.2) is 0 Å². The Hall–Kier alpha value is -6.12. The first-order valence-corrected chi connectivity index (χ1v) is 15.7. The number of hydrogen-bond acceptors (Lipinski definition) is 2. The van der Waals surface area contributed by atoms with Gasteiger partial charge >= 0.3 is 0 Å². The monoisotopic (exact) mass is 587 g/mol. The van der Waals surface area contributed by atoms with Crippen LogP contribution >= 0.6 is 0 Å². The van der Waals surface area contributed by atoms with Crippen molar-refractivity contribution in [2.45, 2.75) is 0 Å². The summed E-state index contributed by atoms with van der Waals surface area (Å²) in [6, 6.07) is 62.8. The minimum Gasteiger partial charge on any atom is -0.455 e. The van der Waals surface area contributed by atoms with Gasteiger partial charge in [0.05, 0.1) is 0 Å². The van der Waals surface area contributed by atoms with Crippen molar-refractivity contribution in [1.29, 1.82) is 0 Å². The summed E-state index contributed by atoms with van der Waals surface area (Å²) in [5.41, 5.74) is 9.85. The highest BCUT2D eigenvalue weighted by molar-refractivity contribution is 6.15. The van der Waals surface area contributed by atoms with Crippen molar-refractivity contribution in [1.82, 2.24) is 0 Å². The second-order valence-electron chi connectivity index (χ2n) is 11.8. The number of fused-ring (bicyclic) bond motifs is 6. The Balaban J connectivity index is 1.13. The molecule has 0 unspecified atom stereocenters. The van der Waals surface area contributed by atoms with Gasteiger partial charge in [-0.25, -0.2) is 0 Å². The number of rotatable bonds is 5. The summed E-state index contributed by atoms with van der Waals surface area (Å²) >= 11 is 0. The van der Waals surface area contributed by atoms with Crippen molar-refractivity contribution in [2.75, 3.05) is 4.90 Å². The van der Waals surface area contributed by atoms with Crippen molar-refractivity contribution >= 4 is 60.5 Å². The molecule has 1 heterocycles. The fourth-order valence-corrected chi connectivity index (χ4v) is 6.70. The molecule has 0 spiro atoms. The zero-order valence-electron chi connectivity index (χ0n) is 25.1. The molecule has 0 radical (unpaired) electrons. The van der Waals surface area contributed by atoms with Crippen LogP contribution in [0.2, 0.25) is 0 Å². The van der Waals surface area contributed by atoms with Crippen LogP contribution in [-0.2, 0) is 0 Å².